The molecule has 0 aromatic heterocycles. The quantitative estimate of drug-likeness (QED) is 0.427. The van der Waals surface area contributed by atoms with Crippen molar-refractivity contribution in [3.8, 4) is 0 Å². The van der Waals surface area contributed by atoms with Crippen LogP contribution in [0, 0.1) is 0 Å². The van der Waals surface area contributed by atoms with Gasteiger partial charge < -0.3 is 4.12 Å². The molecule has 0 aromatic rings. The Morgan fingerprint density at radius 2 is 1.12 bits per heavy atom. The SMILES string of the molecule is C=C(CC)C[Si](C)(C)O[Si](C)(C)CC(=C)CC. The van der Waals surface area contributed by atoms with E-state index in [0.29, 0.717) is 0 Å². The molecule has 0 unspecified atom stereocenters. The molecule has 100 valence electrons. The minimum Gasteiger partial charge on any atom is -0.455 e. The van der Waals surface area contributed by atoms with E-state index in [1.165, 1.54) is 11.1 Å². The van der Waals surface area contributed by atoms with Crippen LogP contribution in [-0.2, 0) is 4.12 Å². The van der Waals surface area contributed by atoms with Crippen LogP contribution in [0.25, 0.3) is 0 Å². The van der Waals surface area contributed by atoms with Gasteiger partial charge in [-0.25, -0.2) is 0 Å². The van der Waals surface area contributed by atoms with Crippen molar-refractivity contribution in [2.24, 2.45) is 0 Å². The van der Waals surface area contributed by atoms with Gasteiger partial charge in [-0.15, -0.1) is 13.2 Å². The van der Waals surface area contributed by atoms with Gasteiger partial charge in [0.05, 0.1) is 0 Å². The van der Waals surface area contributed by atoms with E-state index in [9.17, 15) is 0 Å². The predicted octanol–water partition coefficient (Wildman–Crippen LogP) is 5.35. The molecule has 3 heteroatoms. The summed E-state index contributed by atoms with van der Waals surface area (Å²) in [5.74, 6) is 0. The summed E-state index contributed by atoms with van der Waals surface area (Å²) >= 11 is 0. The zero-order valence-corrected chi connectivity index (χ0v) is 14.7. The molecule has 0 fully saturated rings. The predicted molar refractivity (Wildman–Crippen MR) is 84.5 cm³/mol. The topological polar surface area (TPSA) is 9.23 Å². The maximum absolute atomic E-state index is 6.53. The van der Waals surface area contributed by atoms with E-state index >= 15 is 0 Å². The van der Waals surface area contributed by atoms with Crippen LogP contribution in [0.15, 0.2) is 24.3 Å². The molecule has 0 aliphatic carbocycles. The van der Waals surface area contributed by atoms with Gasteiger partial charge in [0, 0.05) is 0 Å². The second-order valence-electron chi connectivity index (χ2n) is 6.18. The molecule has 0 bridgehead atoms. The van der Waals surface area contributed by atoms with Crippen molar-refractivity contribution in [2.75, 3.05) is 0 Å². The summed E-state index contributed by atoms with van der Waals surface area (Å²) in [6.07, 6.45) is 2.15. The Morgan fingerprint density at radius 1 is 0.824 bits per heavy atom. The molecule has 0 aliphatic rings. The summed E-state index contributed by atoms with van der Waals surface area (Å²) in [4.78, 5) is 0. The van der Waals surface area contributed by atoms with Crippen LogP contribution >= 0.6 is 0 Å². The van der Waals surface area contributed by atoms with Gasteiger partial charge in [-0.2, -0.15) is 0 Å². The molecule has 0 aliphatic heterocycles. The summed E-state index contributed by atoms with van der Waals surface area (Å²) in [6.45, 7) is 21.9. The maximum atomic E-state index is 6.53. The lowest BCUT2D eigenvalue weighted by Gasteiger charge is -2.35. The monoisotopic (exact) mass is 270 g/mol. The van der Waals surface area contributed by atoms with E-state index in [-0.39, 0.29) is 0 Å². The van der Waals surface area contributed by atoms with E-state index in [4.69, 9.17) is 4.12 Å². The van der Waals surface area contributed by atoms with Gasteiger partial charge in [-0.1, -0.05) is 25.0 Å². The van der Waals surface area contributed by atoms with Crippen LogP contribution < -0.4 is 0 Å². The van der Waals surface area contributed by atoms with E-state index in [1.54, 1.807) is 0 Å². The lowest BCUT2D eigenvalue weighted by Crippen LogP contribution is -2.44. The fourth-order valence-electron chi connectivity index (χ4n) is 2.27. The molecule has 0 rings (SSSR count). The zero-order chi connectivity index (χ0) is 13.7. The second-order valence-corrected chi connectivity index (χ2v) is 14.7. The smallest absolute Gasteiger partial charge is 0.177 e. The molecule has 0 saturated carbocycles. The summed E-state index contributed by atoms with van der Waals surface area (Å²) in [6, 6.07) is 2.19. The summed E-state index contributed by atoms with van der Waals surface area (Å²) < 4.78 is 6.53. The van der Waals surface area contributed by atoms with Gasteiger partial charge in [-0.05, 0) is 51.1 Å². The minimum atomic E-state index is -1.58. The Bertz CT molecular complexity index is 252. The minimum absolute atomic E-state index is 1.07. The van der Waals surface area contributed by atoms with Crippen molar-refractivity contribution in [1.82, 2.24) is 0 Å². The van der Waals surface area contributed by atoms with Gasteiger partial charge in [0.2, 0.25) is 0 Å². The molecular formula is C14H30OSi2. The summed E-state index contributed by atoms with van der Waals surface area (Å²) in [5.41, 5.74) is 2.67. The van der Waals surface area contributed by atoms with Crippen LogP contribution in [0.4, 0.5) is 0 Å². The molecule has 0 spiro atoms. The van der Waals surface area contributed by atoms with Crippen molar-refractivity contribution < 1.29 is 4.12 Å². The molecule has 0 heterocycles. The molecule has 0 N–H and O–H groups in total. The standard InChI is InChI=1S/C14H30OSi2/c1-9-13(3)11-16(5,6)15-17(7,8)12-14(4)10-2/h3-4,9-12H2,1-2,5-8H3. The average molecular weight is 271 g/mol. The first-order valence-electron chi connectivity index (χ1n) is 6.65. The largest absolute Gasteiger partial charge is 0.455 e. The Morgan fingerprint density at radius 3 is 1.35 bits per heavy atom. The van der Waals surface area contributed by atoms with Gasteiger partial charge in [0.15, 0.2) is 16.6 Å². The van der Waals surface area contributed by atoms with Crippen molar-refractivity contribution in [1.29, 1.82) is 0 Å². The highest BCUT2D eigenvalue weighted by atomic mass is 28.4. The molecule has 0 amide bonds. The number of rotatable bonds is 8. The molecule has 1 nitrogen and oxygen atoms in total. The van der Waals surface area contributed by atoms with Gasteiger partial charge in [-0.3, -0.25) is 0 Å². The first kappa shape index (κ1) is 16.9. The highest BCUT2D eigenvalue weighted by Crippen LogP contribution is 2.27. The van der Waals surface area contributed by atoms with E-state index in [0.717, 1.165) is 24.9 Å². The molecule has 0 saturated heterocycles. The lowest BCUT2D eigenvalue weighted by atomic mass is 10.3. The first-order chi connectivity index (χ1) is 7.62. The summed E-state index contributed by atoms with van der Waals surface area (Å²) in [7, 11) is -3.16. The summed E-state index contributed by atoms with van der Waals surface area (Å²) in [5, 5.41) is 0. The number of hydrogen-bond acceptors (Lipinski definition) is 1. The maximum Gasteiger partial charge on any atom is 0.177 e. The first-order valence-corrected chi connectivity index (χ1v) is 12.9. The van der Waals surface area contributed by atoms with Gasteiger partial charge in [0.1, 0.15) is 0 Å². The van der Waals surface area contributed by atoms with E-state index in [1.807, 2.05) is 0 Å². The van der Waals surface area contributed by atoms with Crippen molar-refractivity contribution in [3.63, 3.8) is 0 Å². The highest BCUT2D eigenvalue weighted by molar-refractivity contribution is 6.85. The van der Waals surface area contributed by atoms with E-state index in [2.05, 4.69) is 53.2 Å². The Hall–Kier alpha value is -0.126. The van der Waals surface area contributed by atoms with Crippen molar-refractivity contribution in [3.05, 3.63) is 24.3 Å². The third kappa shape index (κ3) is 7.74. The van der Waals surface area contributed by atoms with Gasteiger partial charge in [0.25, 0.3) is 0 Å². The zero-order valence-electron chi connectivity index (χ0n) is 12.7. The molecular weight excluding hydrogens is 240 g/mol. The van der Waals surface area contributed by atoms with Crippen LogP contribution in [-0.4, -0.2) is 16.6 Å². The normalized spacial score (nSPS) is 12.6. The lowest BCUT2D eigenvalue weighted by molar-refractivity contribution is 0.544. The Balaban J connectivity index is 4.46. The van der Waals surface area contributed by atoms with E-state index < -0.39 is 16.6 Å². The Labute approximate surface area is 110 Å². The fourth-order valence-corrected chi connectivity index (χ4v) is 11.7. The third-order valence-electron chi connectivity index (χ3n) is 2.90. The number of hydrogen-bond donors (Lipinski definition) is 0. The molecule has 0 aromatic carbocycles. The second kappa shape index (κ2) is 6.71. The van der Waals surface area contributed by atoms with Crippen molar-refractivity contribution >= 4 is 16.6 Å². The fraction of sp³-hybridized carbons (Fsp3) is 0.714. The van der Waals surface area contributed by atoms with Crippen LogP contribution in [0.2, 0.25) is 38.3 Å². The molecule has 17 heavy (non-hydrogen) atoms. The molecule has 0 atom stereocenters. The van der Waals surface area contributed by atoms with Crippen LogP contribution in [0.5, 0.6) is 0 Å². The number of allylic oxidation sites excluding steroid dienone is 2. The average Bonchev–Trinajstić information content (AvgIpc) is 2.13. The Kier molecular flexibility index (Phi) is 6.66. The van der Waals surface area contributed by atoms with Crippen LogP contribution in [0.1, 0.15) is 26.7 Å². The highest BCUT2D eigenvalue weighted by Gasteiger charge is 2.33. The van der Waals surface area contributed by atoms with Gasteiger partial charge >= 0.3 is 0 Å². The van der Waals surface area contributed by atoms with Crippen LogP contribution in [0.3, 0.4) is 0 Å². The third-order valence-corrected chi connectivity index (χ3v) is 10.0. The molecule has 0 radical (unpaired) electrons. The van der Waals surface area contributed by atoms with Crippen molar-refractivity contribution in [2.45, 2.75) is 65.0 Å².